The lowest BCUT2D eigenvalue weighted by Crippen LogP contribution is -2.40. The van der Waals surface area contributed by atoms with E-state index in [9.17, 15) is 9.59 Å². The summed E-state index contributed by atoms with van der Waals surface area (Å²) < 4.78 is 0. The Labute approximate surface area is 99.2 Å². The average Bonchev–Trinajstić information content (AvgIpc) is 2.22. The first kappa shape index (κ1) is 14.8. The summed E-state index contributed by atoms with van der Waals surface area (Å²) in [5, 5.41) is 19.8. The van der Waals surface area contributed by atoms with Gasteiger partial charge in [-0.25, -0.2) is 4.79 Å². The molecule has 0 fully saturated rings. The van der Waals surface area contributed by atoms with Gasteiger partial charge < -0.3 is 10.4 Å². The van der Waals surface area contributed by atoms with Gasteiger partial charge in [0.15, 0.2) is 0 Å². The fourth-order valence-corrected chi connectivity index (χ4v) is 2.04. The second-order valence-electron chi connectivity index (χ2n) is 3.28. The van der Waals surface area contributed by atoms with Gasteiger partial charge in [-0.2, -0.15) is 5.26 Å². The van der Waals surface area contributed by atoms with Crippen LogP contribution in [0.25, 0.3) is 0 Å². The third-order valence-corrected chi connectivity index (χ3v) is 3.23. The second-order valence-corrected chi connectivity index (χ2v) is 4.59. The van der Waals surface area contributed by atoms with E-state index in [4.69, 9.17) is 10.4 Å². The normalized spacial score (nSPS) is 13.6. The maximum Gasteiger partial charge on any atom is 0.326 e. The second kappa shape index (κ2) is 7.99. The van der Waals surface area contributed by atoms with Crippen LogP contribution in [0, 0.1) is 11.3 Å². The highest BCUT2D eigenvalue weighted by atomic mass is 32.2. The number of aliphatic carboxylic acids is 1. The van der Waals surface area contributed by atoms with Crippen molar-refractivity contribution in [2.75, 3.05) is 5.75 Å². The van der Waals surface area contributed by atoms with Gasteiger partial charge in [-0.1, -0.05) is 6.92 Å². The Hall–Kier alpha value is -1.22. The lowest BCUT2D eigenvalue weighted by molar-refractivity contribution is -0.141. The number of amides is 1. The fraction of sp³-hybridized carbons (Fsp3) is 0.700. The maximum atomic E-state index is 10.8. The molecule has 0 heterocycles. The first-order valence-electron chi connectivity index (χ1n) is 5.02. The van der Waals surface area contributed by atoms with Crippen LogP contribution in [0.4, 0.5) is 0 Å². The smallest absolute Gasteiger partial charge is 0.326 e. The Morgan fingerprint density at radius 2 is 2.19 bits per heavy atom. The Bertz CT molecular complexity index is 288. The molecule has 0 aliphatic carbocycles. The van der Waals surface area contributed by atoms with Crippen LogP contribution in [-0.4, -0.2) is 34.0 Å². The third-order valence-electron chi connectivity index (χ3n) is 1.92. The molecule has 0 radical (unpaired) electrons. The van der Waals surface area contributed by atoms with E-state index in [1.165, 1.54) is 18.7 Å². The van der Waals surface area contributed by atoms with E-state index in [1.807, 2.05) is 6.92 Å². The van der Waals surface area contributed by atoms with Crippen molar-refractivity contribution >= 4 is 23.6 Å². The number of carboxylic acids is 1. The van der Waals surface area contributed by atoms with E-state index in [1.54, 1.807) is 0 Å². The molecular formula is C10H16N2O3S. The zero-order chi connectivity index (χ0) is 12.6. The number of nitriles is 1. The van der Waals surface area contributed by atoms with Crippen molar-refractivity contribution < 1.29 is 14.7 Å². The Balaban J connectivity index is 3.99. The molecular weight excluding hydrogens is 228 g/mol. The van der Waals surface area contributed by atoms with Crippen LogP contribution in [0.2, 0.25) is 0 Å². The summed E-state index contributed by atoms with van der Waals surface area (Å²) >= 11 is 1.42. The van der Waals surface area contributed by atoms with Crippen LogP contribution in [0.5, 0.6) is 0 Å². The first-order valence-corrected chi connectivity index (χ1v) is 6.07. The van der Waals surface area contributed by atoms with Crippen LogP contribution in [-0.2, 0) is 9.59 Å². The molecule has 0 aromatic heterocycles. The van der Waals surface area contributed by atoms with E-state index in [2.05, 4.69) is 11.4 Å². The number of hydrogen-bond donors (Lipinski definition) is 2. The highest BCUT2D eigenvalue weighted by Crippen LogP contribution is 2.15. The number of thioether (sulfide) groups is 1. The molecule has 0 bridgehead atoms. The fourth-order valence-electron chi connectivity index (χ4n) is 1.08. The van der Waals surface area contributed by atoms with Crippen LogP contribution < -0.4 is 5.32 Å². The van der Waals surface area contributed by atoms with E-state index in [-0.39, 0.29) is 11.2 Å². The number of nitrogens with zero attached hydrogens (tertiary/aromatic N) is 1. The van der Waals surface area contributed by atoms with Crippen molar-refractivity contribution in [3.05, 3.63) is 0 Å². The minimum Gasteiger partial charge on any atom is -0.480 e. The van der Waals surface area contributed by atoms with Gasteiger partial charge in [0.1, 0.15) is 6.04 Å². The number of nitrogens with one attached hydrogen (secondary N) is 1. The molecule has 1 amide bonds. The number of hydrogen-bond acceptors (Lipinski definition) is 4. The zero-order valence-electron chi connectivity index (χ0n) is 9.40. The molecule has 0 aromatic rings. The predicted molar refractivity (Wildman–Crippen MR) is 62.0 cm³/mol. The number of rotatable bonds is 7. The van der Waals surface area contributed by atoms with E-state index in [0.29, 0.717) is 12.2 Å². The van der Waals surface area contributed by atoms with Gasteiger partial charge in [-0.15, -0.1) is 11.8 Å². The van der Waals surface area contributed by atoms with Gasteiger partial charge in [0.05, 0.1) is 11.3 Å². The van der Waals surface area contributed by atoms with E-state index < -0.39 is 12.0 Å². The van der Waals surface area contributed by atoms with Crippen LogP contribution in [0.3, 0.4) is 0 Å². The maximum absolute atomic E-state index is 10.8. The Morgan fingerprint density at radius 1 is 1.56 bits per heavy atom. The molecule has 0 aromatic carbocycles. The number of carbonyl (C=O) groups is 2. The lowest BCUT2D eigenvalue weighted by Gasteiger charge is -2.13. The van der Waals surface area contributed by atoms with Gasteiger partial charge in [-0.3, -0.25) is 4.79 Å². The molecule has 0 saturated carbocycles. The van der Waals surface area contributed by atoms with Crippen LogP contribution in [0.15, 0.2) is 0 Å². The summed E-state index contributed by atoms with van der Waals surface area (Å²) in [4.78, 5) is 21.5. The van der Waals surface area contributed by atoms with Crippen molar-refractivity contribution in [3.63, 3.8) is 0 Å². The van der Waals surface area contributed by atoms with Crippen molar-refractivity contribution in [1.29, 1.82) is 5.26 Å². The standard InChI is InChI=1S/C10H16N2O3S/c1-3-8(6-11)16-5-4-9(10(14)15)12-7(2)13/h8-9H,3-5H2,1-2H3,(H,12,13)(H,14,15). The average molecular weight is 244 g/mol. The molecule has 16 heavy (non-hydrogen) atoms. The highest BCUT2D eigenvalue weighted by molar-refractivity contribution is 8.00. The molecule has 5 nitrogen and oxygen atoms in total. The lowest BCUT2D eigenvalue weighted by atomic mass is 10.2. The topological polar surface area (TPSA) is 90.2 Å². The third kappa shape index (κ3) is 6.30. The van der Waals surface area contributed by atoms with Crippen molar-refractivity contribution in [2.24, 2.45) is 0 Å². The molecule has 0 rings (SSSR count). The minimum atomic E-state index is -1.04. The van der Waals surface area contributed by atoms with Crippen molar-refractivity contribution in [1.82, 2.24) is 5.32 Å². The SMILES string of the molecule is CCC(C#N)SCCC(NC(C)=O)C(=O)O. The molecule has 6 heteroatoms. The minimum absolute atomic E-state index is 0.105. The monoisotopic (exact) mass is 244 g/mol. The summed E-state index contributed by atoms with van der Waals surface area (Å²) in [6.45, 7) is 3.19. The highest BCUT2D eigenvalue weighted by Gasteiger charge is 2.18. The summed E-state index contributed by atoms with van der Waals surface area (Å²) in [5.74, 6) is -0.853. The van der Waals surface area contributed by atoms with Gasteiger partial charge in [0, 0.05) is 6.92 Å². The zero-order valence-corrected chi connectivity index (χ0v) is 10.2. The molecule has 0 saturated heterocycles. The molecule has 0 aliphatic rings. The van der Waals surface area contributed by atoms with Crippen molar-refractivity contribution in [3.8, 4) is 6.07 Å². The summed E-state index contributed by atoms with van der Waals surface area (Å²) in [6.07, 6.45) is 1.07. The molecule has 0 aliphatic heterocycles. The van der Waals surface area contributed by atoms with E-state index in [0.717, 1.165) is 6.42 Å². The number of carboxylic acid groups (broad SMARTS) is 1. The Kier molecular flexibility index (Phi) is 7.38. The van der Waals surface area contributed by atoms with Gasteiger partial charge in [0.2, 0.25) is 5.91 Å². The molecule has 2 unspecified atom stereocenters. The molecule has 2 atom stereocenters. The summed E-state index contributed by atoms with van der Waals surface area (Å²) in [5.41, 5.74) is 0. The van der Waals surface area contributed by atoms with Crippen molar-refractivity contribution in [2.45, 2.75) is 38.0 Å². The van der Waals surface area contributed by atoms with Crippen LogP contribution in [0.1, 0.15) is 26.7 Å². The summed E-state index contributed by atoms with van der Waals surface area (Å²) in [6, 6.07) is 1.26. The molecule has 0 spiro atoms. The first-order chi connectivity index (χ1) is 7.51. The Morgan fingerprint density at radius 3 is 2.56 bits per heavy atom. The predicted octanol–water partition coefficient (Wildman–Crippen LogP) is 1.00. The molecule has 2 N–H and O–H groups in total. The van der Waals surface area contributed by atoms with E-state index >= 15 is 0 Å². The summed E-state index contributed by atoms with van der Waals surface area (Å²) in [7, 11) is 0. The largest absolute Gasteiger partial charge is 0.480 e. The van der Waals surface area contributed by atoms with Gasteiger partial charge in [0.25, 0.3) is 0 Å². The van der Waals surface area contributed by atoms with Gasteiger partial charge in [-0.05, 0) is 18.6 Å². The van der Waals surface area contributed by atoms with Crippen LogP contribution >= 0.6 is 11.8 Å². The number of carbonyl (C=O) groups excluding carboxylic acids is 1. The molecule has 90 valence electrons. The quantitative estimate of drug-likeness (QED) is 0.697. The van der Waals surface area contributed by atoms with Gasteiger partial charge >= 0.3 is 5.97 Å².